The molecule has 0 aromatic heterocycles. The van der Waals surface area contributed by atoms with E-state index < -0.39 is 0 Å². The number of aryl methyl sites for hydroxylation is 1. The van der Waals surface area contributed by atoms with Gasteiger partial charge < -0.3 is 5.21 Å². The SMILES string of the molecule is CCCN1CCC=C(C(CCc2ccccc2)=NO)C1. The van der Waals surface area contributed by atoms with E-state index in [-0.39, 0.29) is 0 Å². The van der Waals surface area contributed by atoms with Gasteiger partial charge in [0.15, 0.2) is 0 Å². The van der Waals surface area contributed by atoms with Gasteiger partial charge in [0, 0.05) is 13.1 Å². The quantitative estimate of drug-likeness (QED) is 0.489. The van der Waals surface area contributed by atoms with Gasteiger partial charge in [-0.15, -0.1) is 0 Å². The number of nitrogens with zero attached hydrogens (tertiary/aromatic N) is 2. The van der Waals surface area contributed by atoms with Gasteiger partial charge in [0.1, 0.15) is 0 Å². The fraction of sp³-hybridized carbons (Fsp3) is 0.471. The molecule has 3 heteroatoms. The van der Waals surface area contributed by atoms with E-state index >= 15 is 0 Å². The molecule has 0 saturated carbocycles. The molecule has 0 bridgehead atoms. The lowest BCUT2D eigenvalue weighted by atomic mass is 9.99. The van der Waals surface area contributed by atoms with Crippen LogP contribution in [0.5, 0.6) is 0 Å². The Balaban J connectivity index is 1.93. The molecule has 0 fully saturated rings. The zero-order valence-corrected chi connectivity index (χ0v) is 12.3. The third-order valence-corrected chi connectivity index (χ3v) is 3.75. The molecule has 108 valence electrons. The fourth-order valence-electron chi connectivity index (χ4n) is 2.70. The van der Waals surface area contributed by atoms with E-state index in [9.17, 15) is 5.21 Å². The van der Waals surface area contributed by atoms with E-state index in [1.54, 1.807) is 0 Å². The van der Waals surface area contributed by atoms with Crippen LogP contribution in [0.2, 0.25) is 0 Å². The summed E-state index contributed by atoms with van der Waals surface area (Å²) in [5, 5.41) is 12.8. The highest BCUT2D eigenvalue weighted by atomic mass is 16.4. The van der Waals surface area contributed by atoms with Crippen molar-refractivity contribution in [2.75, 3.05) is 19.6 Å². The third-order valence-electron chi connectivity index (χ3n) is 3.75. The van der Waals surface area contributed by atoms with Gasteiger partial charge in [-0.1, -0.05) is 48.5 Å². The Bertz CT molecular complexity index is 465. The molecule has 2 rings (SSSR count). The molecular formula is C17H24N2O. The summed E-state index contributed by atoms with van der Waals surface area (Å²) >= 11 is 0. The maximum atomic E-state index is 9.30. The van der Waals surface area contributed by atoms with Crippen molar-refractivity contribution in [3.05, 3.63) is 47.5 Å². The topological polar surface area (TPSA) is 35.8 Å². The van der Waals surface area contributed by atoms with Gasteiger partial charge in [-0.3, -0.25) is 4.90 Å². The summed E-state index contributed by atoms with van der Waals surface area (Å²) in [4.78, 5) is 2.43. The highest BCUT2D eigenvalue weighted by molar-refractivity contribution is 6.00. The first-order valence-electron chi connectivity index (χ1n) is 7.50. The van der Waals surface area contributed by atoms with Gasteiger partial charge in [-0.2, -0.15) is 0 Å². The van der Waals surface area contributed by atoms with E-state index in [0.29, 0.717) is 0 Å². The number of hydrogen-bond acceptors (Lipinski definition) is 3. The predicted octanol–water partition coefficient (Wildman–Crippen LogP) is 3.49. The van der Waals surface area contributed by atoms with Crippen molar-refractivity contribution >= 4 is 5.71 Å². The Labute approximate surface area is 121 Å². The molecule has 1 heterocycles. The van der Waals surface area contributed by atoms with Gasteiger partial charge in [-0.25, -0.2) is 0 Å². The number of rotatable bonds is 6. The van der Waals surface area contributed by atoms with Crippen molar-refractivity contribution in [3.8, 4) is 0 Å². The summed E-state index contributed by atoms with van der Waals surface area (Å²) in [6.45, 7) is 5.36. The van der Waals surface area contributed by atoms with Crippen LogP contribution in [-0.4, -0.2) is 35.5 Å². The second-order valence-corrected chi connectivity index (χ2v) is 5.33. The van der Waals surface area contributed by atoms with Crippen molar-refractivity contribution in [1.82, 2.24) is 4.90 Å². The number of oxime groups is 1. The zero-order chi connectivity index (χ0) is 14.2. The van der Waals surface area contributed by atoms with E-state index in [4.69, 9.17) is 0 Å². The lowest BCUT2D eigenvalue weighted by Gasteiger charge is -2.27. The monoisotopic (exact) mass is 272 g/mol. The molecule has 1 N–H and O–H groups in total. The Morgan fingerprint density at radius 1 is 1.30 bits per heavy atom. The predicted molar refractivity (Wildman–Crippen MR) is 83.4 cm³/mol. The lowest BCUT2D eigenvalue weighted by molar-refractivity contribution is 0.291. The summed E-state index contributed by atoms with van der Waals surface area (Å²) in [6.07, 6.45) is 6.17. The first-order chi connectivity index (χ1) is 9.83. The molecule has 1 aromatic carbocycles. The number of hydrogen-bond donors (Lipinski definition) is 1. The Kier molecular flexibility index (Phi) is 5.81. The molecule has 0 amide bonds. The minimum Gasteiger partial charge on any atom is -0.411 e. The second-order valence-electron chi connectivity index (χ2n) is 5.33. The Morgan fingerprint density at radius 2 is 2.10 bits per heavy atom. The zero-order valence-electron chi connectivity index (χ0n) is 12.3. The van der Waals surface area contributed by atoms with Crippen molar-refractivity contribution < 1.29 is 5.21 Å². The largest absolute Gasteiger partial charge is 0.411 e. The van der Waals surface area contributed by atoms with Crippen molar-refractivity contribution in [1.29, 1.82) is 0 Å². The first kappa shape index (κ1) is 14.8. The van der Waals surface area contributed by atoms with E-state index in [0.717, 1.165) is 44.6 Å². The molecule has 0 unspecified atom stereocenters. The highest BCUT2D eigenvalue weighted by Crippen LogP contribution is 2.15. The molecule has 20 heavy (non-hydrogen) atoms. The second kappa shape index (κ2) is 7.85. The van der Waals surface area contributed by atoms with Crippen LogP contribution >= 0.6 is 0 Å². The highest BCUT2D eigenvalue weighted by Gasteiger charge is 2.16. The molecule has 0 radical (unpaired) electrons. The Morgan fingerprint density at radius 3 is 2.80 bits per heavy atom. The summed E-state index contributed by atoms with van der Waals surface area (Å²) in [6, 6.07) is 10.4. The third kappa shape index (κ3) is 4.20. The van der Waals surface area contributed by atoms with E-state index in [1.165, 1.54) is 17.6 Å². The Hall–Kier alpha value is -1.61. The summed E-state index contributed by atoms with van der Waals surface area (Å²) in [5.41, 5.74) is 3.33. The molecule has 1 aliphatic heterocycles. The fourth-order valence-corrected chi connectivity index (χ4v) is 2.70. The molecule has 0 aliphatic carbocycles. The van der Waals surface area contributed by atoms with Crippen LogP contribution in [0.1, 0.15) is 31.7 Å². The normalized spacial score (nSPS) is 17.1. The summed E-state index contributed by atoms with van der Waals surface area (Å²) in [7, 11) is 0. The van der Waals surface area contributed by atoms with E-state index in [1.807, 2.05) is 18.2 Å². The molecule has 1 aliphatic rings. The van der Waals surface area contributed by atoms with Gasteiger partial charge in [0.25, 0.3) is 0 Å². The molecular weight excluding hydrogens is 248 g/mol. The average molecular weight is 272 g/mol. The average Bonchev–Trinajstić information content (AvgIpc) is 2.50. The maximum absolute atomic E-state index is 9.30. The number of benzene rings is 1. The van der Waals surface area contributed by atoms with Crippen molar-refractivity contribution in [2.45, 2.75) is 32.6 Å². The van der Waals surface area contributed by atoms with E-state index in [2.05, 4.69) is 35.2 Å². The van der Waals surface area contributed by atoms with Gasteiger partial charge in [0.05, 0.1) is 5.71 Å². The van der Waals surface area contributed by atoms with Crippen molar-refractivity contribution in [2.24, 2.45) is 5.16 Å². The van der Waals surface area contributed by atoms with Crippen LogP contribution < -0.4 is 0 Å². The standard InChI is InChI=1S/C17H24N2O/c1-2-12-19-13-6-9-16(14-19)17(18-20)11-10-15-7-4-3-5-8-15/h3-5,7-9,20H,2,6,10-14H2,1H3. The minimum atomic E-state index is 0.798. The molecule has 0 atom stereocenters. The van der Waals surface area contributed by atoms with Crippen LogP contribution in [0.25, 0.3) is 0 Å². The van der Waals surface area contributed by atoms with Crippen LogP contribution in [0, 0.1) is 0 Å². The smallest absolute Gasteiger partial charge is 0.0840 e. The summed E-state index contributed by atoms with van der Waals surface area (Å²) < 4.78 is 0. The maximum Gasteiger partial charge on any atom is 0.0840 e. The molecule has 1 aromatic rings. The summed E-state index contributed by atoms with van der Waals surface area (Å²) in [5.74, 6) is 0. The minimum absolute atomic E-state index is 0.798. The lowest BCUT2D eigenvalue weighted by Crippen LogP contribution is -2.33. The van der Waals surface area contributed by atoms with Gasteiger partial charge in [-0.05, 0) is 43.4 Å². The van der Waals surface area contributed by atoms with Crippen molar-refractivity contribution in [3.63, 3.8) is 0 Å². The molecule has 3 nitrogen and oxygen atoms in total. The van der Waals surface area contributed by atoms with Crippen LogP contribution in [0.3, 0.4) is 0 Å². The first-order valence-corrected chi connectivity index (χ1v) is 7.50. The van der Waals surface area contributed by atoms with Crippen LogP contribution in [0.4, 0.5) is 0 Å². The molecule has 0 spiro atoms. The molecule has 0 saturated heterocycles. The van der Waals surface area contributed by atoms with Crippen LogP contribution in [0.15, 0.2) is 47.1 Å². The van der Waals surface area contributed by atoms with Crippen LogP contribution in [-0.2, 0) is 6.42 Å². The van der Waals surface area contributed by atoms with Gasteiger partial charge >= 0.3 is 0 Å². The van der Waals surface area contributed by atoms with Gasteiger partial charge in [0.2, 0.25) is 0 Å².